The third-order valence-corrected chi connectivity index (χ3v) is 5.32. The molecule has 4 aromatic rings. The molecule has 0 unspecified atom stereocenters. The van der Waals surface area contributed by atoms with Crippen molar-refractivity contribution < 1.29 is 22.7 Å². The monoisotopic (exact) mass is 495 g/mol. The van der Waals surface area contributed by atoms with E-state index in [1.54, 1.807) is 0 Å². The van der Waals surface area contributed by atoms with Crippen LogP contribution in [0.4, 0.5) is 23.7 Å². The number of rotatable bonds is 7. The number of carbonyl (C=O) groups is 1. The summed E-state index contributed by atoms with van der Waals surface area (Å²) < 4.78 is 42.3. The molecular formula is C26H24F3N5O2. The Morgan fingerprint density at radius 2 is 1.69 bits per heavy atom. The number of anilines is 1. The summed E-state index contributed by atoms with van der Waals surface area (Å²) in [7, 11) is 0. The maximum absolute atomic E-state index is 12.4. The molecule has 0 bridgehead atoms. The zero-order chi connectivity index (χ0) is 25.7. The molecule has 7 nitrogen and oxygen atoms in total. The van der Waals surface area contributed by atoms with E-state index < -0.39 is 6.36 Å². The highest BCUT2D eigenvalue weighted by Gasteiger charge is 2.31. The van der Waals surface area contributed by atoms with Crippen LogP contribution in [0.1, 0.15) is 30.9 Å². The molecule has 0 aliphatic rings. The number of para-hydroxylation sites is 1. The molecule has 36 heavy (non-hydrogen) atoms. The van der Waals surface area contributed by atoms with Crippen LogP contribution < -0.4 is 15.4 Å². The normalized spacial score (nSPS) is 11.4. The minimum atomic E-state index is -4.74. The number of amides is 2. The first-order valence-corrected chi connectivity index (χ1v) is 11.2. The summed E-state index contributed by atoms with van der Waals surface area (Å²) in [5, 5.41) is 10.1. The fourth-order valence-corrected chi connectivity index (χ4v) is 3.56. The van der Waals surface area contributed by atoms with Gasteiger partial charge in [-0.25, -0.2) is 14.5 Å². The molecule has 0 radical (unpaired) electrons. The molecular weight excluding hydrogens is 471 g/mol. The van der Waals surface area contributed by atoms with Gasteiger partial charge in [-0.2, -0.15) is 0 Å². The summed E-state index contributed by atoms with van der Waals surface area (Å²) in [5.41, 5.74) is 4.03. The van der Waals surface area contributed by atoms with Crippen molar-refractivity contribution in [2.24, 2.45) is 0 Å². The number of halogens is 3. The van der Waals surface area contributed by atoms with Gasteiger partial charge in [-0.15, -0.1) is 18.3 Å². The van der Waals surface area contributed by atoms with Crippen molar-refractivity contribution in [3.63, 3.8) is 0 Å². The number of carbonyl (C=O) groups excluding carboxylic acids is 1. The second kappa shape index (κ2) is 10.5. The average Bonchev–Trinajstić information content (AvgIpc) is 3.33. The first-order valence-electron chi connectivity index (χ1n) is 11.2. The number of hydrogen-bond donors (Lipinski definition) is 2. The number of nitrogens with zero attached hydrogens (tertiary/aromatic N) is 3. The Bertz CT molecular complexity index is 1320. The summed E-state index contributed by atoms with van der Waals surface area (Å²) in [5.74, 6) is 0.427. The van der Waals surface area contributed by atoms with Gasteiger partial charge >= 0.3 is 12.4 Å². The summed E-state index contributed by atoms with van der Waals surface area (Å²) in [6.07, 6.45) is -3.27. The van der Waals surface area contributed by atoms with Crippen molar-refractivity contribution >= 4 is 11.7 Å². The summed E-state index contributed by atoms with van der Waals surface area (Å²) >= 11 is 0. The van der Waals surface area contributed by atoms with Crippen molar-refractivity contribution in [3.8, 4) is 22.8 Å². The number of hydrogen-bond acceptors (Lipinski definition) is 4. The maximum atomic E-state index is 12.4. The first kappa shape index (κ1) is 24.8. The Morgan fingerprint density at radius 1 is 1.00 bits per heavy atom. The third kappa shape index (κ3) is 6.41. The molecule has 0 saturated heterocycles. The van der Waals surface area contributed by atoms with E-state index in [1.165, 1.54) is 35.3 Å². The average molecular weight is 496 g/mol. The lowest BCUT2D eigenvalue weighted by Crippen LogP contribution is -2.28. The van der Waals surface area contributed by atoms with Gasteiger partial charge in [-0.3, -0.25) is 0 Å². The number of urea groups is 1. The van der Waals surface area contributed by atoms with E-state index in [1.807, 2.05) is 48.5 Å². The molecule has 3 aromatic carbocycles. The second-order valence-corrected chi connectivity index (χ2v) is 8.30. The van der Waals surface area contributed by atoms with Gasteiger partial charge < -0.3 is 15.4 Å². The van der Waals surface area contributed by atoms with E-state index in [2.05, 4.69) is 39.3 Å². The quantitative estimate of drug-likeness (QED) is 0.316. The molecule has 2 N–H and O–H groups in total. The van der Waals surface area contributed by atoms with Crippen molar-refractivity contribution in [1.29, 1.82) is 0 Å². The van der Waals surface area contributed by atoms with Crippen LogP contribution in [0.2, 0.25) is 0 Å². The summed E-state index contributed by atoms with van der Waals surface area (Å²) in [4.78, 5) is 16.6. The van der Waals surface area contributed by atoms with Gasteiger partial charge in [0.05, 0.1) is 5.69 Å². The largest absolute Gasteiger partial charge is 0.573 e. The van der Waals surface area contributed by atoms with Crippen LogP contribution >= 0.6 is 0 Å². The van der Waals surface area contributed by atoms with Gasteiger partial charge in [0.2, 0.25) is 0 Å². The molecule has 0 atom stereocenters. The van der Waals surface area contributed by atoms with Gasteiger partial charge in [0.25, 0.3) is 0 Å². The van der Waals surface area contributed by atoms with Crippen molar-refractivity contribution in [1.82, 2.24) is 20.1 Å². The fourth-order valence-electron chi connectivity index (χ4n) is 3.56. The molecule has 2 amide bonds. The van der Waals surface area contributed by atoms with E-state index in [9.17, 15) is 18.0 Å². The Balaban J connectivity index is 1.35. The van der Waals surface area contributed by atoms with Gasteiger partial charge in [-0.1, -0.05) is 56.3 Å². The number of benzene rings is 3. The standard InChI is InChI=1S/C26H24F3N5O2/c1-17(2)22-5-3-4-6-23(22)32-25(35)30-15-18-7-9-19(10-8-18)24-31-16-34(33-24)20-11-13-21(14-12-20)36-26(27,28)29/h3-14,16-17H,15H2,1-2H3,(H2,30,32,35). The van der Waals surface area contributed by atoms with Crippen molar-refractivity contribution in [2.75, 3.05) is 5.32 Å². The zero-order valence-electron chi connectivity index (χ0n) is 19.6. The molecule has 0 spiro atoms. The van der Waals surface area contributed by atoms with Crippen molar-refractivity contribution in [2.45, 2.75) is 32.7 Å². The second-order valence-electron chi connectivity index (χ2n) is 8.30. The number of ether oxygens (including phenoxy) is 1. The van der Waals surface area contributed by atoms with Crippen LogP contribution in [-0.4, -0.2) is 27.2 Å². The molecule has 1 heterocycles. The Morgan fingerprint density at radius 3 is 2.36 bits per heavy atom. The van der Waals surface area contributed by atoms with Crippen molar-refractivity contribution in [3.05, 3.63) is 90.3 Å². The molecule has 1 aromatic heterocycles. The summed E-state index contributed by atoms with van der Waals surface area (Å²) in [6, 6.07) is 20.1. The van der Waals surface area contributed by atoms with Crippen LogP contribution in [0, 0.1) is 0 Å². The van der Waals surface area contributed by atoms with Crippen LogP contribution in [-0.2, 0) is 6.54 Å². The van der Waals surface area contributed by atoms with Gasteiger partial charge in [0.15, 0.2) is 5.82 Å². The van der Waals surface area contributed by atoms with Gasteiger partial charge in [0, 0.05) is 17.8 Å². The van der Waals surface area contributed by atoms with Gasteiger partial charge in [-0.05, 0) is 47.4 Å². The Kier molecular flexibility index (Phi) is 7.23. The summed E-state index contributed by atoms with van der Waals surface area (Å²) in [6.45, 7) is 4.48. The molecule has 0 aliphatic heterocycles. The molecule has 0 aliphatic carbocycles. The Hall–Kier alpha value is -4.34. The van der Waals surface area contributed by atoms with Crippen LogP contribution in [0.5, 0.6) is 5.75 Å². The highest BCUT2D eigenvalue weighted by molar-refractivity contribution is 5.90. The fraction of sp³-hybridized carbons (Fsp3) is 0.192. The predicted molar refractivity (Wildman–Crippen MR) is 130 cm³/mol. The number of nitrogens with one attached hydrogen (secondary N) is 2. The van der Waals surface area contributed by atoms with E-state index in [-0.39, 0.29) is 17.7 Å². The molecule has 10 heteroatoms. The third-order valence-electron chi connectivity index (χ3n) is 5.32. The minimum Gasteiger partial charge on any atom is -0.406 e. The SMILES string of the molecule is CC(C)c1ccccc1NC(=O)NCc1ccc(-c2ncn(-c3ccc(OC(F)(F)F)cc3)n2)cc1. The minimum absolute atomic E-state index is 0.286. The lowest BCUT2D eigenvalue weighted by molar-refractivity contribution is -0.274. The molecule has 186 valence electrons. The highest BCUT2D eigenvalue weighted by Crippen LogP contribution is 2.25. The van der Waals surface area contributed by atoms with E-state index in [0.717, 1.165) is 22.4 Å². The smallest absolute Gasteiger partial charge is 0.406 e. The topological polar surface area (TPSA) is 81.1 Å². The zero-order valence-corrected chi connectivity index (χ0v) is 19.6. The van der Waals surface area contributed by atoms with Gasteiger partial charge in [0.1, 0.15) is 12.1 Å². The van der Waals surface area contributed by atoms with E-state index in [0.29, 0.717) is 18.1 Å². The molecule has 0 saturated carbocycles. The maximum Gasteiger partial charge on any atom is 0.573 e. The van der Waals surface area contributed by atoms with Crippen LogP contribution in [0.15, 0.2) is 79.1 Å². The Labute approximate surface area is 205 Å². The first-order chi connectivity index (χ1) is 17.2. The molecule has 0 fully saturated rings. The lowest BCUT2D eigenvalue weighted by Gasteiger charge is -2.14. The molecule has 4 rings (SSSR count). The highest BCUT2D eigenvalue weighted by atomic mass is 19.4. The van der Waals surface area contributed by atoms with Crippen LogP contribution in [0.25, 0.3) is 17.1 Å². The predicted octanol–water partition coefficient (Wildman–Crippen LogP) is 6.28. The number of alkyl halides is 3. The van der Waals surface area contributed by atoms with Crippen LogP contribution in [0.3, 0.4) is 0 Å². The number of aromatic nitrogens is 3. The van der Waals surface area contributed by atoms with E-state index >= 15 is 0 Å². The lowest BCUT2D eigenvalue weighted by atomic mass is 10.0. The van der Waals surface area contributed by atoms with E-state index in [4.69, 9.17) is 0 Å².